The summed E-state index contributed by atoms with van der Waals surface area (Å²) >= 11 is 0. The Morgan fingerprint density at radius 2 is 1.86 bits per heavy atom. The predicted octanol–water partition coefficient (Wildman–Crippen LogP) is 4.17. The van der Waals surface area contributed by atoms with Gasteiger partial charge in [-0.15, -0.1) is 0 Å². The summed E-state index contributed by atoms with van der Waals surface area (Å²) in [6.07, 6.45) is 1.78. The van der Waals surface area contributed by atoms with E-state index < -0.39 is 0 Å². The molecule has 0 unspecified atom stereocenters. The van der Waals surface area contributed by atoms with Crippen LogP contribution in [0.2, 0.25) is 0 Å². The van der Waals surface area contributed by atoms with Crippen LogP contribution in [0.5, 0.6) is 0 Å². The third-order valence-corrected chi connectivity index (χ3v) is 2.75. The molecule has 0 aliphatic carbocycles. The highest BCUT2D eigenvalue weighted by Gasteiger charge is 2.12. The number of aryl methyl sites for hydroxylation is 2. The van der Waals surface area contributed by atoms with Crippen molar-refractivity contribution in [2.75, 3.05) is 0 Å². The van der Waals surface area contributed by atoms with E-state index in [1.54, 1.807) is 6.26 Å². The summed E-state index contributed by atoms with van der Waals surface area (Å²) in [5.74, 6) is 0.552. The van der Waals surface area contributed by atoms with Crippen LogP contribution in [0.15, 0.2) is 22.8 Å². The third kappa shape index (κ3) is 1.24. The standard InChI is InChI=1S/C13H16O/c1-8(2)12-9(3)7-10(4)13-11(12)5-6-14-13/h5-8H,1-4H3. The zero-order chi connectivity index (χ0) is 10.3. The molecule has 14 heavy (non-hydrogen) atoms. The molecule has 1 aromatic heterocycles. The number of hydrogen-bond acceptors (Lipinski definition) is 1. The molecular weight excluding hydrogens is 172 g/mol. The van der Waals surface area contributed by atoms with Crippen LogP contribution < -0.4 is 0 Å². The van der Waals surface area contributed by atoms with Crippen LogP contribution in [0.4, 0.5) is 0 Å². The first-order valence-corrected chi connectivity index (χ1v) is 5.08. The van der Waals surface area contributed by atoms with Gasteiger partial charge in [-0.2, -0.15) is 0 Å². The Balaban J connectivity index is 2.86. The number of rotatable bonds is 1. The van der Waals surface area contributed by atoms with Crippen molar-refractivity contribution in [2.45, 2.75) is 33.6 Å². The number of hydrogen-bond donors (Lipinski definition) is 0. The van der Waals surface area contributed by atoms with Gasteiger partial charge in [-0.05, 0) is 42.5 Å². The molecule has 0 bridgehead atoms. The van der Waals surface area contributed by atoms with Gasteiger partial charge >= 0.3 is 0 Å². The quantitative estimate of drug-likeness (QED) is 0.654. The number of fused-ring (bicyclic) bond motifs is 1. The van der Waals surface area contributed by atoms with Crippen molar-refractivity contribution in [3.8, 4) is 0 Å². The SMILES string of the molecule is Cc1cc(C)c2occc2c1C(C)C. The van der Waals surface area contributed by atoms with E-state index in [0.717, 1.165) is 5.58 Å². The van der Waals surface area contributed by atoms with Crippen molar-refractivity contribution in [1.82, 2.24) is 0 Å². The molecule has 0 saturated heterocycles. The lowest BCUT2D eigenvalue weighted by Crippen LogP contribution is -1.93. The van der Waals surface area contributed by atoms with Crippen LogP contribution in [0.1, 0.15) is 36.5 Å². The lowest BCUT2D eigenvalue weighted by molar-refractivity contribution is 0.613. The molecular formula is C13H16O. The Hall–Kier alpha value is -1.24. The Kier molecular flexibility index (Phi) is 2.10. The van der Waals surface area contributed by atoms with Crippen molar-refractivity contribution >= 4 is 11.0 Å². The van der Waals surface area contributed by atoms with Gasteiger partial charge in [0.2, 0.25) is 0 Å². The highest BCUT2D eigenvalue weighted by atomic mass is 16.3. The van der Waals surface area contributed by atoms with Crippen molar-refractivity contribution in [3.63, 3.8) is 0 Å². The smallest absolute Gasteiger partial charge is 0.137 e. The molecule has 1 heterocycles. The molecule has 0 spiro atoms. The maximum absolute atomic E-state index is 5.49. The van der Waals surface area contributed by atoms with Crippen LogP contribution >= 0.6 is 0 Å². The van der Waals surface area contributed by atoms with Crippen molar-refractivity contribution in [3.05, 3.63) is 35.1 Å². The fourth-order valence-electron chi connectivity index (χ4n) is 2.27. The van der Waals surface area contributed by atoms with E-state index in [0.29, 0.717) is 5.92 Å². The first kappa shape index (κ1) is 9.32. The average Bonchev–Trinajstić information content (AvgIpc) is 2.51. The zero-order valence-corrected chi connectivity index (χ0v) is 9.22. The van der Waals surface area contributed by atoms with E-state index >= 15 is 0 Å². The van der Waals surface area contributed by atoms with Crippen LogP contribution in [0.3, 0.4) is 0 Å². The normalized spacial score (nSPS) is 11.5. The lowest BCUT2D eigenvalue weighted by Gasteiger charge is -2.12. The summed E-state index contributed by atoms with van der Waals surface area (Å²) in [6.45, 7) is 8.73. The monoisotopic (exact) mass is 188 g/mol. The Morgan fingerprint density at radius 1 is 1.14 bits per heavy atom. The second-order valence-corrected chi connectivity index (χ2v) is 4.24. The van der Waals surface area contributed by atoms with E-state index in [-0.39, 0.29) is 0 Å². The van der Waals surface area contributed by atoms with Gasteiger partial charge in [-0.25, -0.2) is 0 Å². The van der Waals surface area contributed by atoms with Gasteiger partial charge in [0, 0.05) is 5.39 Å². The largest absolute Gasteiger partial charge is 0.464 e. The molecule has 0 aliphatic rings. The minimum atomic E-state index is 0.552. The van der Waals surface area contributed by atoms with Crippen molar-refractivity contribution < 1.29 is 4.42 Å². The first-order valence-electron chi connectivity index (χ1n) is 5.08. The fraction of sp³-hybridized carbons (Fsp3) is 0.385. The summed E-state index contributed by atoms with van der Waals surface area (Å²) in [5, 5.41) is 1.28. The van der Waals surface area contributed by atoms with E-state index in [9.17, 15) is 0 Å². The van der Waals surface area contributed by atoms with Gasteiger partial charge in [-0.1, -0.05) is 19.9 Å². The Bertz CT molecular complexity index is 463. The average molecular weight is 188 g/mol. The van der Waals surface area contributed by atoms with E-state index in [1.807, 2.05) is 0 Å². The molecule has 74 valence electrons. The van der Waals surface area contributed by atoms with Gasteiger partial charge < -0.3 is 4.42 Å². The molecule has 0 atom stereocenters. The van der Waals surface area contributed by atoms with Gasteiger partial charge in [0.05, 0.1) is 6.26 Å². The number of furan rings is 1. The highest BCUT2D eigenvalue weighted by molar-refractivity contribution is 5.85. The van der Waals surface area contributed by atoms with Gasteiger partial charge in [-0.3, -0.25) is 0 Å². The molecule has 0 saturated carbocycles. The number of benzene rings is 1. The van der Waals surface area contributed by atoms with Gasteiger partial charge in [0.15, 0.2) is 0 Å². The summed E-state index contributed by atoms with van der Waals surface area (Å²) in [7, 11) is 0. The molecule has 0 aliphatic heterocycles. The van der Waals surface area contributed by atoms with E-state index in [1.165, 1.54) is 22.1 Å². The third-order valence-electron chi connectivity index (χ3n) is 2.75. The topological polar surface area (TPSA) is 13.1 Å². The minimum Gasteiger partial charge on any atom is -0.464 e. The molecule has 0 radical (unpaired) electrons. The lowest BCUT2D eigenvalue weighted by atomic mass is 9.93. The fourth-order valence-corrected chi connectivity index (χ4v) is 2.27. The summed E-state index contributed by atoms with van der Waals surface area (Å²) in [5.41, 5.74) is 5.05. The molecule has 2 aromatic rings. The zero-order valence-electron chi connectivity index (χ0n) is 9.22. The maximum Gasteiger partial charge on any atom is 0.137 e. The van der Waals surface area contributed by atoms with Crippen LogP contribution in [0.25, 0.3) is 11.0 Å². The molecule has 1 heteroatoms. The summed E-state index contributed by atoms with van der Waals surface area (Å²) in [6, 6.07) is 4.28. The summed E-state index contributed by atoms with van der Waals surface area (Å²) < 4.78 is 5.49. The van der Waals surface area contributed by atoms with Crippen LogP contribution in [-0.4, -0.2) is 0 Å². The van der Waals surface area contributed by atoms with E-state index in [2.05, 4.69) is 39.8 Å². The predicted molar refractivity (Wildman–Crippen MR) is 59.8 cm³/mol. The maximum atomic E-state index is 5.49. The molecule has 0 fully saturated rings. The molecule has 1 nitrogen and oxygen atoms in total. The first-order chi connectivity index (χ1) is 6.61. The second kappa shape index (κ2) is 3.16. The molecule has 2 rings (SSSR count). The molecule has 0 amide bonds. The molecule has 1 aromatic carbocycles. The van der Waals surface area contributed by atoms with Gasteiger partial charge in [0.25, 0.3) is 0 Å². The summed E-state index contributed by atoms with van der Waals surface area (Å²) in [4.78, 5) is 0. The Labute approximate surface area is 84.7 Å². The minimum absolute atomic E-state index is 0.552. The van der Waals surface area contributed by atoms with E-state index in [4.69, 9.17) is 4.42 Å². The van der Waals surface area contributed by atoms with Crippen molar-refractivity contribution in [1.29, 1.82) is 0 Å². The second-order valence-electron chi connectivity index (χ2n) is 4.24. The van der Waals surface area contributed by atoms with Gasteiger partial charge in [0.1, 0.15) is 5.58 Å². The van der Waals surface area contributed by atoms with Crippen molar-refractivity contribution in [2.24, 2.45) is 0 Å². The van der Waals surface area contributed by atoms with Crippen LogP contribution in [-0.2, 0) is 0 Å². The molecule has 0 N–H and O–H groups in total. The van der Waals surface area contributed by atoms with Crippen LogP contribution in [0, 0.1) is 13.8 Å². The highest BCUT2D eigenvalue weighted by Crippen LogP contribution is 2.31. The Morgan fingerprint density at radius 3 is 2.50 bits per heavy atom.